The fourth-order valence-corrected chi connectivity index (χ4v) is 2.95. The minimum absolute atomic E-state index is 0.106. The molecule has 2 N–H and O–H groups in total. The van der Waals surface area contributed by atoms with E-state index in [9.17, 15) is 9.59 Å². The number of hydrogen-bond acceptors (Lipinski definition) is 4. The molecule has 0 aliphatic carbocycles. The van der Waals surface area contributed by atoms with Crippen LogP contribution in [0.5, 0.6) is 0 Å². The number of carbonyl (C=O) groups excluding carboxylic acids is 1. The lowest BCUT2D eigenvalue weighted by molar-refractivity contribution is -0.121. The molecule has 22 heavy (non-hydrogen) atoms. The van der Waals surface area contributed by atoms with Crippen molar-refractivity contribution in [3.63, 3.8) is 0 Å². The Labute approximate surface area is 133 Å². The third-order valence-electron chi connectivity index (χ3n) is 3.38. The molecule has 0 aliphatic heterocycles. The summed E-state index contributed by atoms with van der Waals surface area (Å²) in [5.41, 5.74) is 1.91. The molecule has 0 aliphatic rings. The highest BCUT2D eigenvalue weighted by Gasteiger charge is 2.11. The number of carboxylic acid groups (broad SMARTS) is 1. The van der Waals surface area contributed by atoms with E-state index in [-0.39, 0.29) is 17.9 Å². The van der Waals surface area contributed by atoms with E-state index >= 15 is 0 Å². The van der Waals surface area contributed by atoms with Gasteiger partial charge >= 0.3 is 5.97 Å². The molecule has 0 saturated heterocycles. The van der Waals surface area contributed by atoms with Crippen LogP contribution in [0.4, 0.5) is 0 Å². The van der Waals surface area contributed by atoms with Gasteiger partial charge in [0.1, 0.15) is 5.01 Å². The van der Waals surface area contributed by atoms with Crippen molar-refractivity contribution in [2.45, 2.75) is 33.2 Å². The van der Waals surface area contributed by atoms with E-state index in [1.807, 2.05) is 13.8 Å². The number of rotatable bonds is 6. The minimum atomic E-state index is -0.968. The summed E-state index contributed by atoms with van der Waals surface area (Å²) in [4.78, 5) is 28.5. The maximum atomic E-state index is 11.9. The van der Waals surface area contributed by atoms with Crippen LogP contribution >= 0.6 is 11.3 Å². The lowest BCUT2D eigenvalue weighted by Gasteiger charge is -2.06. The first kappa shape index (κ1) is 16.2. The third-order valence-corrected chi connectivity index (χ3v) is 4.45. The Bertz CT molecular complexity index is 675. The van der Waals surface area contributed by atoms with Gasteiger partial charge in [-0.2, -0.15) is 0 Å². The van der Waals surface area contributed by atoms with Crippen molar-refractivity contribution in [2.24, 2.45) is 0 Å². The van der Waals surface area contributed by atoms with Gasteiger partial charge in [-0.25, -0.2) is 9.78 Å². The maximum absolute atomic E-state index is 11.9. The minimum Gasteiger partial charge on any atom is -0.478 e. The molecule has 2 aromatic rings. The first-order chi connectivity index (χ1) is 10.5. The molecule has 0 spiro atoms. The molecule has 0 saturated carbocycles. The molecule has 1 aromatic heterocycles. The van der Waals surface area contributed by atoms with E-state index in [1.54, 1.807) is 35.6 Å². The standard InChI is InChI=1S/C16H18N2O3S/c1-10-11(2)22-15(18-10)9-17-14(19)8-7-12-5-3-4-6-13(12)16(20)21/h3-6H,7-9H2,1-2H3,(H,17,19)(H,20,21). The Kier molecular flexibility index (Phi) is 5.27. The normalized spacial score (nSPS) is 10.5. The van der Waals surface area contributed by atoms with E-state index in [2.05, 4.69) is 10.3 Å². The number of aryl methyl sites for hydroxylation is 3. The maximum Gasteiger partial charge on any atom is 0.335 e. The summed E-state index contributed by atoms with van der Waals surface area (Å²) < 4.78 is 0. The molecule has 1 heterocycles. The van der Waals surface area contributed by atoms with Gasteiger partial charge in [0.2, 0.25) is 5.91 Å². The topological polar surface area (TPSA) is 79.3 Å². The third kappa shape index (κ3) is 4.14. The fourth-order valence-electron chi connectivity index (χ4n) is 2.07. The molecule has 0 unspecified atom stereocenters. The molecule has 6 heteroatoms. The predicted octanol–water partition coefficient (Wildman–Crippen LogP) is 2.71. The molecule has 1 amide bonds. The van der Waals surface area contributed by atoms with E-state index in [4.69, 9.17) is 5.11 Å². The quantitative estimate of drug-likeness (QED) is 0.858. The average Bonchev–Trinajstić information content (AvgIpc) is 2.82. The van der Waals surface area contributed by atoms with E-state index < -0.39 is 5.97 Å². The van der Waals surface area contributed by atoms with Gasteiger partial charge in [0, 0.05) is 11.3 Å². The van der Waals surface area contributed by atoms with Gasteiger partial charge in [0.05, 0.1) is 17.8 Å². The SMILES string of the molecule is Cc1nc(CNC(=O)CCc2ccccc2C(=O)O)sc1C. The highest BCUT2D eigenvalue weighted by Crippen LogP contribution is 2.16. The number of hydrogen-bond donors (Lipinski definition) is 2. The number of thiazole rings is 1. The monoisotopic (exact) mass is 318 g/mol. The van der Waals surface area contributed by atoms with Crippen LogP contribution in [0.1, 0.15) is 37.9 Å². The molecule has 0 fully saturated rings. The van der Waals surface area contributed by atoms with Crippen LogP contribution in [0.25, 0.3) is 0 Å². The lowest BCUT2D eigenvalue weighted by atomic mass is 10.0. The van der Waals surface area contributed by atoms with Crippen LogP contribution in [-0.2, 0) is 17.8 Å². The smallest absolute Gasteiger partial charge is 0.335 e. The van der Waals surface area contributed by atoms with Gasteiger partial charge in [-0.15, -0.1) is 11.3 Å². The second-order valence-corrected chi connectivity index (χ2v) is 6.28. The van der Waals surface area contributed by atoms with Gasteiger partial charge in [-0.1, -0.05) is 18.2 Å². The summed E-state index contributed by atoms with van der Waals surface area (Å²) in [6.45, 7) is 4.36. The van der Waals surface area contributed by atoms with Crippen molar-refractivity contribution in [3.05, 3.63) is 51.0 Å². The molecule has 1 aromatic carbocycles. The zero-order valence-corrected chi connectivity index (χ0v) is 13.4. The Morgan fingerprint density at radius 3 is 2.64 bits per heavy atom. The molecule has 2 rings (SSSR count). The van der Waals surface area contributed by atoms with Crippen LogP contribution in [0.2, 0.25) is 0 Å². The highest BCUT2D eigenvalue weighted by molar-refractivity contribution is 7.11. The number of nitrogens with zero attached hydrogens (tertiary/aromatic N) is 1. The van der Waals surface area contributed by atoms with Crippen molar-refractivity contribution in [3.8, 4) is 0 Å². The number of carboxylic acids is 1. The first-order valence-electron chi connectivity index (χ1n) is 6.98. The Balaban J connectivity index is 1.87. The Morgan fingerprint density at radius 1 is 1.27 bits per heavy atom. The fraction of sp³-hybridized carbons (Fsp3) is 0.312. The number of benzene rings is 1. The van der Waals surface area contributed by atoms with Crippen molar-refractivity contribution in [2.75, 3.05) is 0 Å². The predicted molar refractivity (Wildman–Crippen MR) is 85.2 cm³/mol. The van der Waals surface area contributed by atoms with Crippen LogP contribution in [0, 0.1) is 13.8 Å². The summed E-state index contributed by atoms with van der Waals surface area (Å²) in [7, 11) is 0. The summed E-state index contributed by atoms with van der Waals surface area (Å²) >= 11 is 1.57. The average molecular weight is 318 g/mol. The summed E-state index contributed by atoms with van der Waals surface area (Å²) in [5, 5.41) is 12.8. The highest BCUT2D eigenvalue weighted by atomic mass is 32.1. The van der Waals surface area contributed by atoms with Gasteiger partial charge in [-0.05, 0) is 31.9 Å². The number of carbonyl (C=O) groups is 2. The number of aromatic carboxylic acids is 1. The van der Waals surface area contributed by atoms with Crippen LogP contribution in [-0.4, -0.2) is 22.0 Å². The lowest BCUT2D eigenvalue weighted by Crippen LogP contribution is -2.23. The van der Waals surface area contributed by atoms with Crippen molar-refractivity contribution in [1.29, 1.82) is 0 Å². The zero-order chi connectivity index (χ0) is 16.1. The Morgan fingerprint density at radius 2 is 2.00 bits per heavy atom. The number of aromatic nitrogens is 1. The van der Waals surface area contributed by atoms with Gasteiger partial charge in [0.15, 0.2) is 0 Å². The number of amides is 1. The van der Waals surface area contributed by atoms with E-state index in [0.29, 0.717) is 18.5 Å². The molecule has 0 atom stereocenters. The first-order valence-corrected chi connectivity index (χ1v) is 7.80. The van der Waals surface area contributed by atoms with E-state index in [1.165, 1.54) is 0 Å². The number of nitrogens with one attached hydrogen (secondary N) is 1. The zero-order valence-electron chi connectivity index (χ0n) is 12.5. The van der Waals surface area contributed by atoms with E-state index in [0.717, 1.165) is 15.6 Å². The van der Waals surface area contributed by atoms with Crippen molar-refractivity contribution >= 4 is 23.2 Å². The molecule has 116 valence electrons. The molecule has 0 bridgehead atoms. The molecular formula is C16H18N2O3S. The van der Waals surface area contributed by atoms with Crippen molar-refractivity contribution in [1.82, 2.24) is 10.3 Å². The van der Waals surface area contributed by atoms with Crippen molar-refractivity contribution < 1.29 is 14.7 Å². The largest absolute Gasteiger partial charge is 0.478 e. The molecule has 5 nitrogen and oxygen atoms in total. The second kappa shape index (κ2) is 7.17. The van der Waals surface area contributed by atoms with Crippen LogP contribution < -0.4 is 5.32 Å². The van der Waals surface area contributed by atoms with Gasteiger partial charge < -0.3 is 10.4 Å². The van der Waals surface area contributed by atoms with Crippen LogP contribution in [0.3, 0.4) is 0 Å². The Hall–Kier alpha value is -2.21. The summed E-state index contributed by atoms with van der Waals surface area (Å²) in [6.07, 6.45) is 0.665. The summed E-state index contributed by atoms with van der Waals surface area (Å²) in [5.74, 6) is -1.07. The second-order valence-electron chi connectivity index (χ2n) is 4.99. The molecule has 0 radical (unpaired) electrons. The summed E-state index contributed by atoms with van der Waals surface area (Å²) in [6, 6.07) is 6.75. The van der Waals surface area contributed by atoms with Gasteiger partial charge in [0.25, 0.3) is 0 Å². The van der Waals surface area contributed by atoms with Gasteiger partial charge in [-0.3, -0.25) is 4.79 Å². The van der Waals surface area contributed by atoms with Crippen LogP contribution in [0.15, 0.2) is 24.3 Å². The molecular weight excluding hydrogens is 300 g/mol.